The van der Waals surface area contributed by atoms with Crippen LogP contribution in [-0.2, 0) is 4.79 Å². The number of aliphatic hydroxyl groups excluding tert-OH is 1. The Hall–Kier alpha value is -0.970. The molecule has 0 aliphatic rings. The average Bonchev–Trinajstić information content (AvgIpc) is 3.04. The molecule has 120 valence electrons. The monoisotopic (exact) mass is 358 g/mol. The second-order valence-electron chi connectivity index (χ2n) is 4.49. The highest BCUT2D eigenvalue weighted by atomic mass is 32.2. The first-order valence-corrected chi connectivity index (χ1v) is 9.04. The Morgan fingerprint density at radius 2 is 2.23 bits per heavy atom. The lowest BCUT2D eigenvalue weighted by atomic mass is 10.3. The molecule has 9 heteroatoms. The van der Waals surface area contributed by atoms with Gasteiger partial charge in [0.2, 0.25) is 5.91 Å². The maximum atomic E-state index is 11.1. The third kappa shape index (κ3) is 4.77. The largest absolute Gasteiger partial charge is 0.377 e. The number of aryl methyl sites for hydroxylation is 1. The van der Waals surface area contributed by atoms with Crippen molar-refractivity contribution in [2.75, 3.05) is 18.9 Å². The minimum absolute atomic E-state index is 0.116. The standard InChI is InChI=1S/C13H18N4O2S3/c1-7-12(21-13(16-7)17-8(2)18)9-4-5-11(20-9)22-15-6-10(19)14-3/h4-5,10,14-15,19H,6H2,1-3H3,(H,16,17,18). The molecule has 0 bridgehead atoms. The van der Waals surface area contributed by atoms with Gasteiger partial charge in [-0.15, -0.1) is 11.3 Å². The van der Waals surface area contributed by atoms with Crippen molar-refractivity contribution in [1.82, 2.24) is 15.0 Å². The van der Waals surface area contributed by atoms with E-state index in [-0.39, 0.29) is 5.91 Å². The van der Waals surface area contributed by atoms with Crippen molar-refractivity contribution >= 4 is 45.7 Å². The lowest BCUT2D eigenvalue weighted by Crippen LogP contribution is -2.33. The molecule has 0 aliphatic heterocycles. The van der Waals surface area contributed by atoms with Crippen LogP contribution in [0, 0.1) is 6.92 Å². The topological polar surface area (TPSA) is 86.3 Å². The van der Waals surface area contributed by atoms with Gasteiger partial charge in [0.05, 0.1) is 14.8 Å². The van der Waals surface area contributed by atoms with Gasteiger partial charge >= 0.3 is 0 Å². The molecule has 0 saturated carbocycles. The molecule has 1 atom stereocenters. The zero-order chi connectivity index (χ0) is 16.1. The van der Waals surface area contributed by atoms with Gasteiger partial charge in [0, 0.05) is 18.3 Å². The third-order valence-electron chi connectivity index (χ3n) is 2.67. The van der Waals surface area contributed by atoms with Gasteiger partial charge in [-0.2, -0.15) is 0 Å². The summed E-state index contributed by atoms with van der Waals surface area (Å²) < 4.78 is 4.21. The van der Waals surface area contributed by atoms with Crippen LogP contribution in [0.25, 0.3) is 9.75 Å². The fourth-order valence-electron chi connectivity index (χ4n) is 1.62. The van der Waals surface area contributed by atoms with Gasteiger partial charge in [0.25, 0.3) is 0 Å². The summed E-state index contributed by atoms with van der Waals surface area (Å²) in [7, 11) is 1.71. The number of amides is 1. The fraction of sp³-hybridized carbons (Fsp3) is 0.385. The first-order chi connectivity index (χ1) is 10.5. The van der Waals surface area contributed by atoms with Gasteiger partial charge in [0.15, 0.2) is 5.13 Å². The number of carbonyl (C=O) groups excluding carboxylic acids is 1. The van der Waals surface area contributed by atoms with Crippen molar-refractivity contribution < 1.29 is 9.90 Å². The zero-order valence-electron chi connectivity index (χ0n) is 12.5. The Morgan fingerprint density at radius 1 is 1.45 bits per heavy atom. The summed E-state index contributed by atoms with van der Waals surface area (Å²) in [6, 6.07) is 4.07. The highest BCUT2D eigenvalue weighted by molar-refractivity contribution is 7.99. The van der Waals surface area contributed by atoms with Crippen molar-refractivity contribution in [2.24, 2.45) is 0 Å². The molecule has 2 aromatic heterocycles. The summed E-state index contributed by atoms with van der Waals surface area (Å²) in [5.41, 5.74) is 0.908. The molecule has 4 N–H and O–H groups in total. The van der Waals surface area contributed by atoms with E-state index in [1.807, 2.05) is 19.1 Å². The molecule has 22 heavy (non-hydrogen) atoms. The van der Waals surface area contributed by atoms with Gasteiger partial charge < -0.3 is 10.4 Å². The second kappa shape index (κ2) is 8.04. The SMILES string of the molecule is CNC(O)CNSc1ccc(-c2sc(NC(C)=O)nc2C)s1. The Morgan fingerprint density at radius 3 is 2.91 bits per heavy atom. The number of thiazole rings is 1. The molecule has 0 saturated heterocycles. The highest BCUT2D eigenvalue weighted by Gasteiger charge is 2.13. The molecule has 0 radical (unpaired) electrons. The number of aliphatic hydroxyl groups is 1. The maximum Gasteiger partial charge on any atom is 0.223 e. The minimum Gasteiger partial charge on any atom is -0.377 e. The zero-order valence-corrected chi connectivity index (χ0v) is 14.9. The number of carbonyl (C=O) groups is 1. The fourth-order valence-corrected chi connectivity index (χ4v) is 4.66. The molecule has 6 nitrogen and oxygen atoms in total. The van der Waals surface area contributed by atoms with Crippen LogP contribution in [0.1, 0.15) is 12.6 Å². The van der Waals surface area contributed by atoms with E-state index in [1.165, 1.54) is 30.2 Å². The number of hydrogen-bond acceptors (Lipinski definition) is 8. The number of likely N-dealkylation sites (N-methyl/N-ethyl adjacent to an activating group) is 1. The normalized spacial score (nSPS) is 12.4. The molecule has 2 aromatic rings. The van der Waals surface area contributed by atoms with Crippen molar-refractivity contribution in [3.8, 4) is 9.75 Å². The number of rotatable bonds is 7. The van der Waals surface area contributed by atoms with E-state index in [0.717, 1.165) is 19.7 Å². The van der Waals surface area contributed by atoms with Crippen molar-refractivity contribution in [3.63, 3.8) is 0 Å². The van der Waals surface area contributed by atoms with Crippen LogP contribution in [0.4, 0.5) is 5.13 Å². The van der Waals surface area contributed by atoms with E-state index in [1.54, 1.807) is 18.4 Å². The predicted molar refractivity (Wildman–Crippen MR) is 93.4 cm³/mol. The van der Waals surface area contributed by atoms with Gasteiger partial charge in [0.1, 0.15) is 6.23 Å². The molecule has 0 spiro atoms. The van der Waals surface area contributed by atoms with Gasteiger partial charge in [-0.25, -0.2) is 4.98 Å². The number of nitrogens with one attached hydrogen (secondary N) is 3. The third-order valence-corrected chi connectivity index (χ3v) is 5.95. The summed E-state index contributed by atoms with van der Waals surface area (Å²) in [6.07, 6.45) is -0.559. The van der Waals surface area contributed by atoms with Crippen LogP contribution in [-0.4, -0.2) is 35.8 Å². The molecule has 0 aromatic carbocycles. The van der Waals surface area contributed by atoms with E-state index in [4.69, 9.17) is 0 Å². The van der Waals surface area contributed by atoms with Gasteiger partial charge in [-0.05, 0) is 38.1 Å². The quantitative estimate of drug-likeness (QED) is 0.449. The number of nitrogens with zero attached hydrogens (tertiary/aromatic N) is 1. The Balaban J connectivity index is 2.01. The first kappa shape index (κ1) is 17.4. The summed E-state index contributed by atoms with van der Waals surface area (Å²) in [6.45, 7) is 3.87. The van der Waals surface area contributed by atoms with E-state index >= 15 is 0 Å². The molecule has 2 rings (SSSR count). The smallest absolute Gasteiger partial charge is 0.223 e. The first-order valence-electron chi connectivity index (χ1n) is 6.60. The number of anilines is 1. The van der Waals surface area contributed by atoms with E-state index < -0.39 is 6.23 Å². The van der Waals surface area contributed by atoms with E-state index in [0.29, 0.717) is 11.7 Å². The number of hydrogen-bond donors (Lipinski definition) is 4. The summed E-state index contributed by atoms with van der Waals surface area (Å²) in [4.78, 5) is 17.6. The Labute approximate surface area is 141 Å². The summed E-state index contributed by atoms with van der Waals surface area (Å²) in [5, 5.41) is 15.5. The van der Waals surface area contributed by atoms with Crippen LogP contribution in [0.5, 0.6) is 0 Å². The second-order valence-corrected chi connectivity index (χ2v) is 7.76. The van der Waals surface area contributed by atoms with Gasteiger partial charge in [-0.1, -0.05) is 11.3 Å². The molecule has 0 fully saturated rings. The lowest BCUT2D eigenvalue weighted by molar-refractivity contribution is -0.114. The van der Waals surface area contributed by atoms with Crippen molar-refractivity contribution in [2.45, 2.75) is 24.3 Å². The molecular weight excluding hydrogens is 340 g/mol. The van der Waals surface area contributed by atoms with Crippen LogP contribution in [0.15, 0.2) is 16.3 Å². The highest BCUT2D eigenvalue weighted by Crippen LogP contribution is 2.39. The van der Waals surface area contributed by atoms with Gasteiger partial charge in [-0.3, -0.25) is 14.8 Å². The molecule has 2 heterocycles. The van der Waals surface area contributed by atoms with Crippen LogP contribution < -0.4 is 15.4 Å². The number of aromatic nitrogens is 1. The predicted octanol–water partition coefficient (Wildman–Crippen LogP) is 2.27. The van der Waals surface area contributed by atoms with Crippen LogP contribution >= 0.6 is 34.6 Å². The van der Waals surface area contributed by atoms with Crippen molar-refractivity contribution in [3.05, 3.63) is 17.8 Å². The molecule has 0 aliphatic carbocycles. The number of thiophene rings is 1. The van der Waals surface area contributed by atoms with E-state index in [9.17, 15) is 9.90 Å². The van der Waals surface area contributed by atoms with Crippen molar-refractivity contribution in [1.29, 1.82) is 0 Å². The average molecular weight is 359 g/mol. The minimum atomic E-state index is -0.559. The molecule has 1 amide bonds. The lowest BCUT2D eigenvalue weighted by Gasteiger charge is -2.08. The summed E-state index contributed by atoms with van der Waals surface area (Å²) in [5.74, 6) is -0.116. The maximum absolute atomic E-state index is 11.1. The summed E-state index contributed by atoms with van der Waals surface area (Å²) >= 11 is 4.61. The van der Waals surface area contributed by atoms with Crippen LogP contribution in [0.2, 0.25) is 0 Å². The molecule has 1 unspecified atom stereocenters. The Kier molecular flexibility index (Phi) is 6.36. The Bertz CT molecular complexity index is 641. The van der Waals surface area contributed by atoms with E-state index in [2.05, 4.69) is 20.3 Å². The van der Waals surface area contributed by atoms with Crippen LogP contribution in [0.3, 0.4) is 0 Å². The molecular formula is C13H18N4O2S3.